The van der Waals surface area contributed by atoms with Gasteiger partial charge in [-0.2, -0.15) is 0 Å². The van der Waals surface area contributed by atoms with Crippen LogP contribution in [0.5, 0.6) is 5.75 Å². The van der Waals surface area contributed by atoms with E-state index in [9.17, 15) is 4.79 Å². The lowest BCUT2D eigenvalue weighted by Crippen LogP contribution is -2.21. The maximum Gasteiger partial charge on any atom is 0.266 e. The minimum Gasteiger partial charge on any atom is -0.497 e. The van der Waals surface area contributed by atoms with Gasteiger partial charge in [0, 0.05) is 11.8 Å². The molecule has 0 fully saturated rings. The van der Waals surface area contributed by atoms with Crippen LogP contribution in [0.3, 0.4) is 0 Å². The van der Waals surface area contributed by atoms with Gasteiger partial charge >= 0.3 is 0 Å². The highest BCUT2D eigenvalue weighted by atomic mass is 32.2. The Hall–Kier alpha value is -3.05. The Bertz CT molecular complexity index is 1140. The molecule has 27 heavy (non-hydrogen) atoms. The van der Waals surface area contributed by atoms with Crippen LogP contribution in [0.2, 0.25) is 0 Å². The molecule has 0 atom stereocenters. The van der Waals surface area contributed by atoms with Gasteiger partial charge in [-0.3, -0.25) is 9.36 Å². The normalized spacial score (nSPS) is 10.9. The van der Waals surface area contributed by atoms with Gasteiger partial charge < -0.3 is 4.74 Å². The van der Waals surface area contributed by atoms with E-state index in [4.69, 9.17) is 9.72 Å². The Morgan fingerprint density at radius 1 is 0.963 bits per heavy atom. The number of nitrogens with zero attached hydrogens (tertiary/aromatic N) is 2. The maximum atomic E-state index is 13.2. The van der Waals surface area contributed by atoms with E-state index in [1.807, 2.05) is 66.7 Å². The Kier molecular flexibility index (Phi) is 4.94. The molecule has 0 bridgehead atoms. The molecule has 4 nitrogen and oxygen atoms in total. The summed E-state index contributed by atoms with van der Waals surface area (Å²) in [5.74, 6) is 1.43. The third kappa shape index (κ3) is 3.59. The highest BCUT2D eigenvalue weighted by molar-refractivity contribution is 7.98. The van der Waals surface area contributed by atoms with Crippen LogP contribution >= 0.6 is 11.8 Å². The fraction of sp³-hybridized carbons (Fsp3) is 0.0909. The molecule has 0 aliphatic heterocycles. The lowest BCUT2D eigenvalue weighted by Gasteiger charge is -2.14. The zero-order valence-electron chi connectivity index (χ0n) is 14.8. The van der Waals surface area contributed by atoms with E-state index in [1.54, 1.807) is 23.4 Å². The van der Waals surface area contributed by atoms with Crippen molar-refractivity contribution in [1.29, 1.82) is 0 Å². The first-order valence-electron chi connectivity index (χ1n) is 8.59. The molecule has 1 aromatic heterocycles. The first-order valence-corrected chi connectivity index (χ1v) is 9.58. The van der Waals surface area contributed by atoms with Crippen molar-refractivity contribution in [3.8, 4) is 11.4 Å². The number of ether oxygens (including phenoxy) is 1. The predicted octanol–water partition coefficient (Wildman–Crippen LogP) is 4.69. The Balaban J connectivity index is 1.86. The fourth-order valence-corrected chi connectivity index (χ4v) is 3.88. The van der Waals surface area contributed by atoms with E-state index in [0.29, 0.717) is 21.8 Å². The molecule has 0 saturated heterocycles. The van der Waals surface area contributed by atoms with Crippen LogP contribution in [-0.2, 0) is 5.75 Å². The summed E-state index contributed by atoms with van der Waals surface area (Å²) in [6, 6.07) is 25.1. The fourth-order valence-electron chi connectivity index (χ4n) is 2.91. The van der Waals surface area contributed by atoms with E-state index >= 15 is 0 Å². The van der Waals surface area contributed by atoms with Crippen LogP contribution in [0.4, 0.5) is 0 Å². The van der Waals surface area contributed by atoms with Crippen molar-refractivity contribution >= 4 is 22.7 Å². The van der Waals surface area contributed by atoms with Gasteiger partial charge in [0.2, 0.25) is 0 Å². The molecule has 0 saturated carbocycles. The molecule has 0 radical (unpaired) electrons. The van der Waals surface area contributed by atoms with Gasteiger partial charge in [0.1, 0.15) is 5.75 Å². The standard InChI is InChI=1S/C22H18N2O2S/c1-26-18-11-7-10-17(14-18)24-21(25)19-12-5-6-13-20(19)23-22(24)27-15-16-8-3-2-4-9-16/h2-14H,15H2,1H3. The van der Waals surface area contributed by atoms with Crippen LogP contribution in [0.1, 0.15) is 5.56 Å². The van der Waals surface area contributed by atoms with Gasteiger partial charge in [-0.1, -0.05) is 60.3 Å². The number of rotatable bonds is 5. The average Bonchev–Trinajstić information content (AvgIpc) is 2.73. The van der Waals surface area contributed by atoms with Gasteiger partial charge in [0.15, 0.2) is 5.16 Å². The summed E-state index contributed by atoms with van der Waals surface area (Å²) < 4.78 is 7.00. The molecule has 4 aromatic rings. The molecule has 0 aliphatic carbocycles. The Morgan fingerprint density at radius 3 is 2.56 bits per heavy atom. The van der Waals surface area contributed by atoms with Crippen molar-refractivity contribution in [2.45, 2.75) is 10.9 Å². The summed E-state index contributed by atoms with van der Waals surface area (Å²) in [4.78, 5) is 18.0. The van der Waals surface area contributed by atoms with E-state index < -0.39 is 0 Å². The van der Waals surface area contributed by atoms with Gasteiger partial charge in [0.25, 0.3) is 5.56 Å². The molecule has 3 aromatic carbocycles. The molecule has 5 heteroatoms. The number of benzene rings is 3. The molecule has 0 N–H and O–H groups in total. The number of thioether (sulfide) groups is 1. The number of fused-ring (bicyclic) bond motifs is 1. The smallest absolute Gasteiger partial charge is 0.266 e. The van der Waals surface area contributed by atoms with Crippen molar-refractivity contribution in [1.82, 2.24) is 9.55 Å². The molecule has 4 rings (SSSR count). The van der Waals surface area contributed by atoms with Crippen LogP contribution < -0.4 is 10.3 Å². The minimum absolute atomic E-state index is 0.0792. The van der Waals surface area contributed by atoms with Crippen molar-refractivity contribution in [3.05, 3.63) is 94.8 Å². The van der Waals surface area contributed by atoms with E-state index in [-0.39, 0.29) is 5.56 Å². The number of para-hydroxylation sites is 1. The Labute approximate surface area is 161 Å². The molecule has 0 spiro atoms. The zero-order chi connectivity index (χ0) is 18.6. The van der Waals surface area contributed by atoms with Crippen molar-refractivity contribution in [3.63, 3.8) is 0 Å². The predicted molar refractivity (Wildman–Crippen MR) is 110 cm³/mol. The van der Waals surface area contributed by atoms with E-state index in [0.717, 1.165) is 11.4 Å². The highest BCUT2D eigenvalue weighted by Crippen LogP contribution is 2.26. The van der Waals surface area contributed by atoms with Crippen LogP contribution in [0.25, 0.3) is 16.6 Å². The maximum absolute atomic E-state index is 13.2. The van der Waals surface area contributed by atoms with E-state index in [1.165, 1.54) is 5.56 Å². The molecule has 134 valence electrons. The SMILES string of the molecule is COc1cccc(-n2c(SCc3ccccc3)nc3ccccc3c2=O)c1. The Morgan fingerprint density at radius 2 is 1.74 bits per heavy atom. The van der Waals surface area contributed by atoms with Crippen molar-refractivity contribution in [2.75, 3.05) is 7.11 Å². The molecule has 0 aliphatic rings. The number of aromatic nitrogens is 2. The first-order chi connectivity index (χ1) is 13.3. The van der Waals surface area contributed by atoms with E-state index in [2.05, 4.69) is 12.1 Å². The second kappa shape index (κ2) is 7.68. The van der Waals surface area contributed by atoms with Gasteiger partial charge in [-0.15, -0.1) is 0 Å². The molecular formula is C22H18N2O2S. The average molecular weight is 374 g/mol. The number of hydrogen-bond acceptors (Lipinski definition) is 4. The largest absolute Gasteiger partial charge is 0.497 e. The van der Waals surface area contributed by atoms with Crippen molar-refractivity contribution in [2.24, 2.45) is 0 Å². The van der Waals surface area contributed by atoms with Gasteiger partial charge in [-0.05, 0) is 29.8 Å². The number of hydrogen-bond donors (Lipinski definition) is 0. The number of methoxy groups -OCH3 is 1. The van der Waals surface area contributed by atoms with Crippen LogP contribution in [0, 0.1) is 0 Å². The first kappa shape index (κ1) is 17.4. The zero-order valence-corrected chi connectivity index (χ0v) is 15.6. The summed E-state index contributed by atoms with van der Waals surface area (Å²) in [5, 5.41) is 1.26. The molecule has 0 amide bonds. The summed E-state index contributed by atoms with van der Waals surface area (Å²) in [6.07, 6.45) is 0. The molecule has 0 unspecified atom stereocenters. The molecule has 1 heterocycles. The minimum atomic E-state index is -0.0792. The van der Waals surface area contributed by atoms with Gasteiger partial charge in [0.05, 0.1) is 23.7 Å². The third-order valence-corrected chi connectivity index (χ3v) is 5.28. The highest BCUT2D eigenvalue weighted by Gasteiger charge is 2.14. The lowest BCUT2D eigenvalue weighted by molar-refractivity contribution is 0.414. The summed E-state index contributed by atoms with van der Waals surface area (Å²) in [5.41, 5.74) is 2.55. The second-order valence-corrected chi connectivity index (χ2v) is 6.97. The quantitative estimate of drug-likeness (QED) is 0.376. The second-order valence-electron chi connectivity index (χ2n) is 6.03. The third-order valence-electron chi connectivity index (χ3n) is 4.27. The van der Waals surface area contributed by atoms with Crippen LogP contribution in [-0.4, -0.2) is 16.7 Å². The molecular weight excluding hydrogens is 356 g/mol. The summed E-state index contributed by atoms with van der Waals surface area (Å²) in [6.45, 7) is 0. The van der Waals surface area contributed by atoms with Crippen molar-refractivity contribution < 1.29 is 4.74 Å². The summed E-state index contributed by atoms with van der Waals surface area (Å²) in [7, 11) is 1.62. The lowest BCUT2D eigenvalue weighted by atomic mass is 10.2. The van der Waals surface area contributed by atoms with Gasteiger partial charge in [-0.25, -0.2) is 4.98 Å². The monoisotopic (exact) mass is 374 g/mol. The van der Waals surface area contributed by atoms with Crippen LogP contribution in [0.15, 0.2) is 88.8 Å². The summed E-state index contributed by atoms with van der Waals surface area (Å²) >= 11 is 1.55. The topological polar surface area (TPSA) is 44.1 Å².